The van der Waals surface area contributed by atoms with Gasteiger partial charge in [-0.05, 0) is 19.8 Å². The minimum atomic E-state index is -0.365. The molecule has 0 spiro atoms. The predicted molar refractivity (Wildman–Crippen MR) is 57.7 cm³/mol. The first-order valence-electron chi connectivity index (χ1n) is 5.64. The van der Waals surface area contributed by atoms with Crippen LogP contribution in [0.5, 0.6) is 0 Å². The summed E-state index contributed by atoms with van der Waals surface area (Å²) < 4.78 is 0. The Morgan fingerprint density at radius 3 is 2.31 bits per heavy atom. The molecule has 0 fully saturated rings. The lowest BCUT2D eigenvalue weighted by Gasteiger charge is -2.18. The molecule has 0 saturated heterocycles. The molecule has 0 aromatic carbocycles. The molecule has 0 aromatic heterocycles. The molecule has 0 rings (SSSR count). The minimum absolute atomic E-state index is 0.365. The van der Waals surface area contributed by atoms with Crippen LogP contribution in [0.4, 0.5) is 0 Å². The van der Waals surface area contributed by atoms with Crippen LogP contribution < -0.4 is 5.32 Å². The van der Waals surface area contributed by atoms with Gasteiger partial charge in [0.2, 0.25) is 0 Å². The summed E-state index contributed by atoms with van der Waals surface area (Å²) in [5, 5.41) is 12.3. The zero-order chi connectivity index (χ0) is 10.1. The molecule has 2 atom stereocenters. The SMILES string of the molecule is CCCCCCC(CC)NC(C)O. The van der Waals surface area contributed by atoms with Gasteiger partial charge in [-0.2, -0.15) is 0 Å². The first-order chi connectivity index (χ1) is 6.20. The summed E-state index contributed by atoms with van der Waals surface area (Å²) in [6, 6.07) is 0.497. The lowest BCUT2D eigenvalue weighted by Crippen LogP contribution is -2.35. The molecule has 2 nitrogen and oxygen atoms in total. The van der Waals surface area contributed by atoms with E-state index in [1.165, 1.54) is 32.1 Å². The Bertz CT molecular complexity index is 104. The quantitative estimate of drug-likeness (QED) is 0.452. The molecule has 0 aliphatic heterocycles. The molecule has 0 amide bonds. The summed E-state index contributed by atoms with van der Waals surface area (Å²) >= 11 is 0. The van der Waals surface area contributed by atoms with Crippen molar-refractivity contribution >= 4 is 0 Å². The summed E-state index contributed by atoms with van der Waals surface area (Å²) in [6.07, 6.45) is 7.18. The molecule has 2 N–H and O–H groups in total. The van der Waals surface area contributed by atoms with Crippen LogP contribution >= 0.6 is 0 Å². The topological polar surface area (TPSA) is 32.3 Å². The summed E-state index contributed by atoms with van der Waals surface area (Å²) in [6.45, 7) is 6.18. The van der Waals surface area contributed by atoms with E-state index in [9.17, 15) is 0 Å². The van der Waals surface area contributed by atoms with E-state index in [0.29, 0.717) is 6.04 Å². The summed E-state index contributed by atoms with van der Waals surface area (Å²) in [4.78, 5) is 0. The largest absolute Gasteiger partial charge is 0.379 e. The highest BCUT2D eigenvalue weighted by atomic mass is 16.3. The maximum atomic E-state index is 9.15. The van der Waals surface area contributed by atoms with E-state index in [1.54, 1.807) is 6.92 Å². The van der Waals surface area contributed by atoms with Gasteiger partial charge in [0.25, 0.3) is 0 Å². The number of nitrogens with one attached hydrogen (secondary N) is 1. The molecule has 0 heterocycles. The van der Waals surface area contributed by atoms with Gasteiger partial charge in [-0.25, -0.2) is 0 Å². The Morgan fingerprint density at radius 2 is 1.85 bits per heavy atom. The van der Waals surface area contributed by atoms with E-state index < -0.39 is 0 Å². The maximum Gasteiger partial charge on any atom is 0.102 e. The molecule has 0 aromatic rings. The normalized spacial score (nSPS) is 15.7. The van der Waals surface area contributed by atoms with Crippen LogP contribution in [-0.4, -0.2) is 17.4 Å². The van der Waals surface area contributed by atoms with Crippen LogP contribution in [0.25, 0.3) is 0 Å². The van der Waals surface area contributed by atoms with E-state index in [1.807, 2.05) is 0 Å². The Balaban J connectivity index is 3.36. The molecule has 0 aliphatic carbocycles. The molecular weight excluding hydrogens is 162 g/mol. The Kier molecular flexibility index (Phi) is 8.46. The highest BCUT2D eigenvalue weighted by molar-refractivity contribution is 4.64. The van der Waals surface area contributed by atoms with Gasteiger partial charge in [0.05, 0.1) is 0 Å². The lowest BCUT2D eigenvalue weighted by atomic mass is 10.1. The molecular formula is C11H25NO. The van der Waals surface area contributed by atoms with Crippen molar-refractivity contribution in [2.45, 2.75) is 71.6 Å². The second-order valence-corrected chi connectivity index (χ2v) is 3.80. The molecule has 80 valence electrons. The van der Waals surface area contributed by atoms with Crippen LogP contribution in [0.2, 0.25) is 0 Å². The average molecular weight is 187 g/mol. The van der Waals surface area contributed by atoms with Gasteiger partial charge < -0.3 is 5.11 Å². The second-order valence-electron chi connectivity index (χ2n) is 3.80. The van der Waals surface area contributed by atoms with Gasteiger partial charge >= 0.3 is 0 Å². The second kappa shape index (κ2) is 8.52. The first-order valence-corrected chi connectivity index (χ1v) is 5.64. The Labute approximate surface area is 82.7 Å². The highest BCUT2D eigenvalue weighted by Gasteiger charge is 2.06. The smallest absolute Gasteiger partial charge is 0.102 e. The monoisotopic (exact) mass is 187 g/mol. The minimum Gasteiger partial charge on any atom is -0.379 e. The lowest BCUT2D eigenvalue weighted by molar-refractivity contribution is 0.136. The first kappa shape index (κ1) is 12.9. The summed E-state index contributed by atoms with van der Waals surface area (Å²) in [7, 11) is 0. The molecule has 0 aliphatic rings. The highest BCUT2D eigenvalue weighted by Crippen LogP contribution is 2.08. The van der Waals surface area contributed by atoms with Crippen LogP contribution in [0.1, 0.15) is 59.3 Å². The average Bonchev–Trinajstić information content (AvgIpc) is 2.09. The molecule has 13 heavy (non-hydrogen) atoms. The van der Waals surface area contributed by atoms with Crippen molar-refractivity contribution in [3.8, 4) is 0 Å². The van der Waals surface area contributed by atoms with E-state index in [4.69, 9.17) is 5.11 Å². The molecule has 0 bridgehead atoms. The van der Waals surface area contributed by atoms with Crippen molar-refractivity contribution in [1.82, 2.24) is 5.32 Å². The standard InChI is InChI=1S/C11H25NO/c1-4-6-7-8-9-11(5-2)12-10(3)13/h10-13H,4-9H2,1-3H3. The summed E-state index contributed by atoms with van der Waals surface area (Å²) in [5.41, 5.74) is 0. The third-order valence-corrected chi connectivity index (χ3v) is 2.38. The van der Waals surface area contributed by atoms with Gasteiger partial charge in [0.15, 0.2) is 0 Å². The van der Waals surface area contributed by atoms with Crippen LogP contribution in [-0.2, 0) is 0 Å². The Morgan fingerprint density at radius 1 is 1.15 bits per heavy atom. The number of unbranched alkanes of at least 4 members (excludes halogenated alkanes) is 3. The fourth-order valence-electron chi connectivity index (χ4n) is 1.56. The number of rotatable bonds is 8. The predicted octanol–water partition coefficient (Wildman–Crippen LogP) is 2.66. The van der Waals surface area contributed by atoms with Crippen LogP contribution in [0.3, 0.4) is 0 Å². The molecule has 0 radical (unpaired) electrons. The van der Waals surface area contributed by atoms with Crippen LogP contribution in [0, 0.1) is 0 Å². The van der Waals surface area contributed by atoms with Gasteiger partial charge in [-0.15, -0.1) is 0 Å². The zero-order valence-electron chi connectivity index (χ0n) is 9.34. The van der Waals surface area contributed by atoms with Crippen molar-refractivity contribution in [3.63, 3.8) is 0 Å². The van der Waals surface area contributed by atoms with Crippen molar-refractivity contribution in [2.75, 3.05) is 0 Å². The fraction of sp³-hybridized carbons (Fsp3) is 1.00. The van der Waals surface area contributed by atoms with E-state index in [0.717, 1.165) is 6.42 Å². The molecule has 0 saturated carbocycles. The van der Waals surface area contributed by atoms with Crippen LogP contribution in [0.15, 0.2) is 0 Å². The third kappa shape index (κ3) is 8.26. The van der Waals surface area contributed by atoms with Gasteiger partial charge in [0.1, 0.15) is 6.23 Å². The molecule has 2 heteroatoms. The van der Waals surface area contributed by atoms with Gasteiger partial charge in [0, 0.05) is 6.04 Å². The number of hydrogen-bond acceptors (Lipinski definition) is 2. The molecule has 2 unspecified atom stereocenters. The number of aliphatic hydroxyl groups is 1. The zero-order valence-corrected chi connectivity index (χ0v) is 9.34. The fourth-order valence-corrected chi connectivity index (χ4v) is 1.56. The van der Waals surface area contributed by atoms with Gasteiger partial charge in [-0.3, -0.25) is 5.32 Å². The van der Waals surface area contributed by atoms with E-state index >= 15 is 0 Å². The van der Waals surface area contributed by atoms with Crippen molar-refractivity contribution in [3.05, 3.63) is 0 Å². The number of hydrogen-bond donors (Lipinski definition) is 2. The van der Waals surface area contributed by atoms with Crippen molar-refractivity contribution < 1.29 is 5.11 Å². The summed E-state index contributed by atoms with van der Waals surface area (Å²) in [5.74, 6) is 0. The maximum absolute atomic E-state index is 9.15. The van der Waals surface area contributed by atoms with Crippen molar-refractivity contribution in [1.29, 1.82) is 0 Å². The Hall–Kier alpha value is -0.0800. The number of aliphatic hydroxyl groups excluding tert-OH is 1. The van der Waals surface area contributed by atoms with E-state index in [-0.39, 0.29) is 6.23 Å². The van der Waals surface area contributed by atoms with Crippen molar-refractivity contribution in [2.24, 2.45) is 0 Å². The third-order valence-electron chi connectivity index (χ3n) is 2.38. The van der Waals surface area contributed by atoms with Gasteiger partial charge in [-0.1, -0.05) is 39.5 Å². The van der Waals surface area contributed by atoms with E-state index in [2.05, 4.69) is 19.2 Å².